The monoisotopic (exact) mass is 321 g/mol. The summed E-state index contributed by atoms with van der Waals surface area (Å²) in [5.41, 5.74) is 3.94. The van der Waals surface area contributed by atoms with Crippen molar-refractivity contribution in [2.24, 2.45) is 0 Å². The molecular weight excluding hydrogens is 306 g/mol. The Morgan fingerprint density at radius 1 is 0.875 bits per heavy atom. The van der Waals surface area contributed by atoms with E-state index in [9.17, 15) is 4.79 Å². The lowest BCUT2D eigenvalue weighted by atomic mass is 10.1. The third kappa shape index (κ3) is 2.54. The van der Waals surface area contributed by atoms with Gasteiger partial charge in [0.15, 0.2) is 11.5 Å². The molecule has 0 amide bonds. The van der Waals surface area contributed by atoms with Crippen LogP contribution in [0.15, 0.2) is 51.7 Å². The van der Waals surface area contributed by atoms with Gasteiger partial charge in [0.2, 0.25) is 12.7 Å². The van der Waals surface area contributed by atoms with Gasteiger partial charge in [-0.25, -0.2) is 9.78 Å². The summed E-state index contributed by atoms with van der Waals surface area (Å²) in [4.78, 5) is 16.5. The number of hydrogen-bond acceptors (Lipinski definition) is 5. The average molecular weight is 321 g/mol. The maximum atomic E-state index is 12.0. The van der Waals surface area contributed by atoms with Crippen molar-refractivity contribution in [1.29, 1.82) is 0 Å². The molecule has 5 nitrogen and oxygen atoms in total. The Morgan fingerprint density at radius 3 is 2.50 bits per heavy atom. The van der Waals surface area contributed by atoms with Crippen molar-refractivity contribution in [3.05, 3.63) is 64.0 Å². The quantitative estimate of drug-likeness (QED) is 0.720. The van der Waals surface area contributed by atoms with E-state index in [-0.39, 0.29) is 6.79 Å². The first-order chi connectivity index (χ1) is 11.6. The minimum atomic E-state index is -0.439. The van der Waals surface area contributed by atoms with Gasteiger partial charge in [0.1, 0.15) is 0 Å². The predicted molar refractivity (Wildman–Crippen MR) is 89.2 cm³/mol. The molecular formula is C19H15NO4. The smallest absolute Gasteiger partial charge is 0.339 e. The molecule has 5 heteroatoms. The third-order valence-corrected chi connectivity index (χ3v) is 4.10. The molecule has 24 heavy (non-hydrogen) atoms. The first-order valence-corrected chi connectivity index (χ1v) is 7.60. The molecule has 3 aromatic rings. The fraction of sp³-hybridized carbons (Fsp3) is 0.158. The number of ether oxygens (including phenoxy) is 2. The van der Waals surface area contributed by atoms with E-state index in [0.29, 0.717) is 23.1 Å². The first kappa shape index (κ1) is 14.5. The van der Waals surface area contributed by atoms with Crippen molar-refractivity contribution in [3.8, 4) is 34.2 Å². The Morgan fingerprint density at radius 2 is 1.67 bits per heavy atom. The summed E-state index contributed by atoms with van der Waals surface area (Å²) in [5.74, 6) is 1.64. The van der Waals surface area contributed by atoms with Crippen LogP contribution in [0, 0.1) is 13.8 Å². The molecule has 1 aliphatic heterocycles. The molecule has 0 atom stereocenters. The van der Waals surface area contributed by atoms with Crippen LogP contribution in [0.4, 0.5) is 0 Å². The van der Waals surface area contributed by atoms with Crippen LogP contribution in [0.25, 0.3) is 22.7 Å². The topological polar surface area (TPSA) is 61.6 Å². The third-order valence-electron chi connectivity index (χ3n) is 4.10. The Labute approximate surface area is 138 Å². The van der Waals surface area contributed by atoms with E-state index in [0.717, 1.165) is 16.7 Å². The van der Waals surface area contributed by atoms with Gasteiger partial charge in [0.25, 0.3) is 0 Å². The Hall–Kier alpha value is -3.08. The minimum absolute atomic E-state index is 0.205. The molecule has 2 heterocycles. The summed E-state index contributed by atoms with van der Waals surface area (Å²) in [7, 11) is 0. The highest BCUT2D eigenvalue weighted by Gasteiger charge is 2.16. The number of aromatic nitrogens is 1. The molecule has 0 spiro atoms. The van der Waals surface area contributed by atoms with Crippen LogP contribution in [-0.2, 0) is 0 Å². The molecule has 0 aliphatic carbocycles. The van der Waals surface area contributed by atoms with Gasteiger partial charge < -0.3 is 13.9 Å². The van der Waals surface area contributed by atoms with Crippen LogP contribution in [-0.4, -0.2) is 11.8 Å². The summed E-state index contributed by atoms with van der Waals surface area (Å²) < 4.78 is 16.0. The number of aryl methyl sites for hydroxylation is 2. The van der Waals surface area contributed by atoms with Gasteiger partial charge in [-0.1, -0.05) is 6.07 Å². The molecule has 0 saturated carbocycles. The molecule has 0 bridgehead atoms. The number of benzene rings is 2. The second-order valence-electron chi connectivity index (χ2n) is 5.73. The van der Waals surface area contributed by atoms with E-state index in [2.05, 4.69) is 4.98 Å². The van der Waals surface area contributed by atoms with Crippen molar-refractivity contribution in [2.45, 2.75) is 13.8 Å². The first-order valence-electron chi connectivity index (χ1n) is 7.60. The minimum Gasteiger partial charge on any atom is -0.454 e. The van der Waals surface area contributed by atoms with Gasteiger partial charge in [-0.2, -0.15) is 0 Å². The van der Waals surface area contributed by atoms with Crippen LogP contribution >= 0.6 is 0 Å². The molecule has 1 aliphatic rings. The van der Waals surface area contributed by atoms with Gasteiger partial charge in [-0.05, 0) is 55.3 Å². The standard InChI is InChI=1S/C19H15NO4/c1-11-3-4-14(7-12(11)2)19-20-15(9-18(21)24-19)13-5-6-16-17(8-13)23-10-22-16/h3-9H,10H2,1-2H3. The van der Waals surface area contributed by atoms with E-state index in [1.54, 1.807) is 0 Å². The van der Waals surface area contributed by atoms with Crippen molar-refractivity contribution in [3.63, 3.8) is 0 Å². The van der Waals surface area contributed by atoms with Gasteiger partial charge in [-0.3, -0.25) is 0 Å². The van der Waals surface area contributed by atoms with E-state index in [1.807, 2.05) is 50.2 Å². The maximum Gasteiger partial charge on any atom is 0.339 e. The summed E-state index contributed by atoms with van der Waals surface area (Å²) in [5, 5.41) is 0. The average Bonchev–Trinajstić information content (AvgIpc) is 3.04. The fourth-order valence-electron chi connectivity index (χ4n) is 2.60. The summed E-state index contributed by atoms with van der Waals surface area (Å²) in [6.45, 7) is 4.25. The Bertz CT molecular complexity index is 991. The molecule has 0 radical (unpaired) electrons. The lowest BCUT2D eigenvalue weighted by Crippen LogP contribution is -2.02. The molecule has 0 saturated heterocycles. The Kier molecular flexibility index (Phi) is 3.34. The fourth-order valence-corrected chi connectivity index (χ4v) is 2.60. The van der Waals surface area contributed by atoms with Crippen LogP contribution < -0.4 is 15.1 Å². The highest BCUT2D eigenvalue weighted by Crippen LogP contribution is 2.35. The zero-order valence-corrected chi connectivity index (χ0v) is 13.3. The lowest BCUT2D eigenvalue weighted by Gasteiger charge is -2.06. The number of rotatable bonds is 2. The Balaban J connectivity index is 1.81. The van der Waals surface area contributed by atoms with E-state index in [4.69, 9.17) is 13.9 Å². The largest absolute Gasteiger partial charge is 0.454 e. The van der Waals surface area contributed by atoms with Crippen LogP contribution in [0.5, 0.6) is 11.5 Å². The molecule has 120 valence electrons. The van der Waals surface area contributed by atoms with E-state index in [1.165, 1.54) is 11.6 Å². The molecule has 4 rings (SSSR count). The molecule has 0 unspecified atom stereocenters. The molecule has 1 aromatic heterocycles. The lowest BCUT2D eigenvalue weighted by molar-refractivity contribution is 0.174. The predicted octanol–water partition coefficient (Wildman–Crippen LogP) is 3.71. The summed E-state index contributed by atoms with van der Waals surface area (Å²) >= 11 is 0. The van der Waals surface area contributed by atoms with E-state index >= 15 is 0 Å². The van der Waals surface area contributed by atoms with Crippen molar-refractivity contribution in [1.82, 2.24) is 4.98 Å². The van der Waals surface area contributed by atoms with Crippen molar-refractivity contribution >= 4 is 0 Å². The molecule has 0 N–H and O–H groups in total. The van der Waals surface area contributed by atoms with Crippen LogP contribution in [0.3, 0.4) is 0 Å². The van der Waals surface area contributed by atoms with Crippen LogP contribution in [0.1, 0.15) is 11.1 Å². The second-order valence-corrected chi connectivity index (χ2v) is 5.73. The van der Waals surface area contributed by atoms with Gasteiger partial charge >= 0.3 is 5.63 Å². The van der Waals surface area contributed by atoms with Crippen molar-refractivity contribution < 1.29 is 13.9 Å². The summed E-state index contributed by atoms with van der Waals surface area (Å²) in [6, 6.07) is 12.7. The van der Waals surface area contributed by atoms with Gasteiger partial charge in [-0.15, -0.1) is 0 Å². The highest BCUT2D eigenvalue weighted by atomic mass is 16.7. The highest BCUT2D eigenvalue weighted by molar-refractivity contribution is 5.66. The zero-order valence-electron chi connectivity index (χ0n) is 13.3. The molecule has 0 fully saturated rings. The maximum absolute atomic E-state index is 12.0. The zero-order chi connectivity index (χ0) is 16.7. The second kappa shape index (κ2) is 5.53. The summed E-state index contributed by atoms with van der Waals surface area (Å²) in [6.07, 6.45) is 0. The van der Waals surface area contributed by atoms with E-state index < -0.39 is 5.63 Å². The molecule has 2 aromatic carbocycles. The van der Waals surface area contributed by atoms with Crippen LogP contribution in [0.2, 0.25) is 0 Å². The van der Waals surface area contributed by atoms with Crippen molar-refractivity contribution in [2.75, 3.05) is 6.79 Å². The number of hydrogen-bond donors (Lipinski definition) is 0. The van der Waals surface area contributed by atoms with Gasteiger partial charge in [0, 0.05) is 11.1 Å². The number of fused-ring (bicyclic) bond motifs is 1. The van der Waals surface area contributed by atoms with Gasteiger partial charge in [0.05, 0.1) is 11.8 Å². The SMILES string of the molecule is Cc1ccc(-c2nc(-c3ccc4c(c3)OCO4)cc(=O)o2)cc1C. The normalized spacial score (nSPS) is 12.4. The number of nitrogens with zero attached hydrogens (tertiary/aromatic N) is 1.